The Labute approximate surface area is 167 Å². The van der Waals surface area contributed by atoms with E-state index in [2.05, 4.69) is 56.9 Å². The van der Waals surface area contributed by atoms with E-state index < -0.39 is 0 Å². The fraction of sp³-hybridized carbons (Fsp3) is 0.316. The van der Waals surface area contributed by atoms with Gasteiger partial charge in [-0.1, -0.05) is 57.9 Å². The van der Waals surface area contributed by atoms with Crippen molar-refractivity contribution in [2.75, 3.05) is 18.4 Å². The molecule has 1 aliphatic rings. The molecule has 0 aromatic heterocycles. The van der Waals surface area contributed by atoms with Crippen LogP contribution in [0.3, 0.4) is 0 Å². The number of likely N-dealkylation sites (tertiary alicyclic amines) is 1. The van der Waals surface area contributed by atoms with Crippen molar-refractivity contribution in [2.24, 2.45) is 0 Å². The molecule has 0 spiro atoms. The normalized spacial score (nSPS) is 20.1. The largest absolute Gasteiger partial charge is 0.359 e. The molecule has 1 aliphatic heterocycles. The smallest absolute Gasteiger partial charge is 0.171 e. The molecule has 0 atom stereocenters. The molecule has 25 heavy (non-hydrogen) atoms. The summed E-state index contributed by atoms with van der Waals surface area (Å²) in [6.45, 7) is 3.42. The number of nitrogens with one attached hydrogen (secondary N) is 3. The van der Waals surface area contributed by atoms with Crippen LogP contribution in [0.25, 0.3) is 0 Å². The molecule has 0 amide bonds. The van der Waals surface area contributed by atoms with Crippen LogP contribution in [-0.2, 0) is 6.54 Å². The first-order chi connectivity index (χ1) is 12.1. The van der Waals surface area contributed by atoms with E-state index in [9.17, 15) is 0 Å². The third kappa shape index (κ3) is 5.68. The second kappa shape index (κ2) is 8.99. The van der Waals surface area contributed by atoms with Crippen LogP contribution in [0.2, 0.25) is 5.02 Å². The summed E-state index contributed by atoms with van der Waals surface area (Å²) in [5, 5.41) is 7.92. The first kappa shape index (κ1) is 18.6. The number of quaternary nitrogens is 1. The van der Waals surface area contributed by atoms with Crippen molar-refractivity contribution in [3.05, 3.63) is 63.6 Å². The molecule has 0 aliphatic carbocycles. The number of hydrogen-bond acceptors (Lipinski definition) is 1. The van der Waals surface area contributed by atoms with Gasteiger partial charge in [0.2, 0.25) is 0 Å². The molecular formula is C19H22BrClN3S+. The maximum atomic E-state index is 6.23. The van der Waals surface area contributed by atoms with Gasteiger partial charge in [0.25, 0.3) is 0 Å². The first-order valence-corrected chi connectivity index (χ1v) is 10.1. The number of thiocarbonyl (C=S) groups is 1. The van der Waals surface area contributed by atoms with E-state index in [1.807, 2.05) is 18.2 Å². The molecule has 0 radical (unpaired) electrons. The third-order valence-electron chi connectivity index (χ3n) is 4.50. The summed E-state index contributed by atoms with van der Waals surface area (Å²) in [5.74, 6) is 0. The molecule has 0 unspecified atom stereocenters. The Balaban J connectivity index is 1.44. The fourth-order valence-corrected chi connectivity index (χ4v) is 4.16. The molecule has 3 rings (SSSR count). The third-order valence-corrected chi connectivity index (χ3v) is 5.53. The Bertz CT molecular complexity index is 718. The molecular weight excluding hydrogens is 418 g/mol. The second-order valence-corrected chi connectivity index (χ2v) is 8.14. The minimum Gasteiger partial charge on any atom is -0.359 e. The summed E-state index contributed by atoms with van der Waals surface area (Å²) in [6, 6.07) is 16.9. The molecule has 1 fully saturated rings. The lowest BCUT2D eigenvalue weighted by molar-refractivity contribution is -0.918. The summed E-state index contributed by atoms with van der Waals surface area (Å²) in [6.07, 6.45) is 2.25. The Kier molecular flexibility index (Phi) is 6.70. The highest BCUT2D eigenvalue weighted by Gasteiger charge is 2.22. The lowest BCUT2D eigenvalue weighted by Gasteiger charge is -2.30. The van der Waals surface area contributed by atoms with E-state index in [-0.39, 0.29) is 0 Å². The van der Waals surface area contributed by atoms with Gasteiger partial charge in [0.05, 0.1) is 23.8 Å². The fourth-order valence-electron chi connectivity index (χ4n) is 3.17. The predicted octanol–water partition coefficient (Wildman–Crippen LogP) is 3.64. The van der Waals surface area contributed by atoms with Gasteiger partial charge in [-0.25, -0.2) is 0 Å². The SMILES string of the molecule is S=C(Nc1ccc(Br)cc1Cl)NC1CC[NH+](Cc2ccccc2)CC1. The maximum absolute atomic E-state index is 6.23. The van der Waals surface area contributed by atoms with Crippen LogP contribution in [0.1, 0.15) is 18.4 Å². The molecule has 3 nitrogen and oxygen atoms in total. The predicted molar refractivity (Wildman–Crippen MR) is 112 cm³/mol. The first-order valence-electron chi connectivity index (χ1n) is 8.50. The summed E-state index contributed by atoms with van der Waals surface area (Å²) in [7, 11) is 0. The highest BCUT2D eigenvalue weighted by molar-refractivity contribution is 9.10. The van der Waals surface area contributed by atoms with Gasteiger partial charge in [-0.2, -0.15) is 0 Å². The van der Waals surface area contributed by atoms with Crippen molar-refractivity contribution >= 4 is 50.5 Å². The van der Waals surface area contributed by atoms with E-state index in [0.29, 0.717) is 16.2 Å². The topological polar surface area (TPSA) is 28.5 Å². The van der Waals surface area contributed by atoms with Gasteiger partial charge >= 0.3 is 0 Å². The van der Waals surface area contributed by atoms with Crippen LogP contribution in [0.15, 0.2) is 53.0 Å². The lowest BCUT2D eigenvalue weighted by Crippen LogP contribution is -3.12. The van der Waals surface area contributed by atoms with Crippen LogP contribution in [0.5, 0.6) is 0 Å². The minimum atomic E-state index is 0.425. The summed E-state index contributed by atoms with van der Waals surface area (Å²) < 4.78 is 0.954. The number of hydrogen-bond donors (Lipinski definition) is 3. The zero-order valence-electron chi connectivity index (χ0n) is 13.9. The Hall–Kier alpha value is -1.14. The number of rotatable bonds is 4. The van der Waals surface area contributed by atoms with Crippen molar-refractivity contribution in [3.63, 3.8) is 0 Å². The average Bonchev–Trinajstić information content (AvgIpc) is 2.60. The summed E-state index contributed by atoms with van der Waals surface area (Å²) in [5.41, 5.74) is 2.24. The molecule has 2 aromatic carbocycles. The maximum Gasteiger partial charge on any atom is 0.171 e. The summed E-state index contributed by atoms with van der Waals surface area (Å²) in [4.78, 5) is 1.64. The quantitative estimate of drug-likeness (QED) is 0.635. The van der Waals surface area contributed by atoms with Gasteiger partial charge in [-0.3, -0.25) is 0 Å². The van der Waals surface area contributed by atoms with Gasteiger partial charge in [0, 0.05) is 28.9 Å². The minimum absolute atomic E-state index is 0.425. The molecule has 0 bridgehead atoms. The number of benzene rings is 2. The zero-order chi connectivity index (χ0) is 17.6. The van der Waals surface area contributed by atoms with Crippen LogP contribution in [0, 0.1) is 0 Å². The number of piperidine rings is 1. The zero-order valence-corrected chi connectivity index (χ0v) is 17.1. The molecule has 3 N–H and O–H groups in total. The van der Waals surface area contributed by atoms with E-state index in [1.54, 1.807) is 4.90 Å². The molecule has 1 heterocycles. The molecule has 6 heteroatoms. The molecule has 2 aromatic rings. The monoisotopic (exact) mass is 438 g/mol. The van der Waals surface area contributed by atoms with Crippen LogP contribution < -0.4 is 15.5 Å². The highest BCUT2D eigenvalue weighted by atomic mass is 79.9. The van der Waals surface area contributed by atoms with E-state index >= 15 is 0 Å². The van der Waals surface area contributed by atoms with E-state index in [0.717, 1.165) is 42.6 Å². The second-order valence-electron chi connectivity index (χ2n) is 6.41. The van der Waals surface area contributed by atoms with Crippen LogP contribution in [-0.4, -0.2) is 24.2 Å². The van der Waals surface area contributed by atoms with Crippen LogP contribution in [0.4, 0.5) is 5.69 Å². The van der Waals surface area contributed by atoms with Gasteiger partial charge in [0.1, 0.15) is 6.54 Å². The lowest BCUT2D eigenvalue weighted by atomic mass is 10.0. The Morgan fingerprint density at radius 1 is 1.16 bits per heavy atom. The standard InChI is InChI=1S/C19H21BrClN3S/c20-15-6-7-18(17(21)12-15)23-19(25)22-16-8-10-24(11-9-16)13-14-4-2-1-3-5-14/h1-7,12,16H,8-11,13H2,(H2,22,23,25)/p+1. The molecule has 1 saturated heterocycles. The average molecular weight is 440 g/mol. The van der Waals surface area contributed by atoms with Gasteiger partial charge < -0.3 is 15.5 Å². The van der Waals surface area contributed by atoms with Crippen molar-refractivity contribution in [1.29, 1.82) is 0 Å². The Morgan fingerprint density at radius 2 is 1.88 bits per heavy atom. The molecule has 132 valence electrons. The Morgan fingerprint density at radius 3 is 2.56 bits per heavy atom. The van der Waals surface area contributed by atoms with Gasteiger partial charge in [0.15, 0.2) is 5.11 Å². The van der Waals surface area contributed by atoms with Gasteiger partial charge in [-0.15, -0.1) is 0 Å². The highest BCUT2D eigenvalue weighted by Crippen LogP contribution is 2.25. The van der Waals surface area contributed by atoms with Crippen molar-refractivity contribution in [3.8, 4) is 0 Å². The van der Waals surface area contributed by atoms with Crippen molar-refractivity contribution in [1.82, 2.24) is 5.32 Å². The van der Waals surface area contributed by atoms with Crippen LogP contribution >= 0.6 is 39.7 Å². The molecule has 0 saturated carbocycles. The number of anilines is 1. The number of halogens is 2. The van der Waals surface area contributed by atoms with Gasteiger partial charge in [-0.05, 0) is 30.4 Å². The van der Waals surface area contributed by atoms with E-state index in [4.69, 9.17) is 23.8 Å². The van der Waals surface area contributed by atoms with Crippen molar-refractivity contribution < 1.29 is 4.90 Å². The summed E-state index contributed by atoms with van der Waals surface area (Å²) >= 11 is 15.1. The van der Waals surface area contributed by atoms with Crippen molar-refractivity contribution in [2.45, 2.75) is 25.4 Å². The van der Waals surface area contributed by atoms with E-state index in [1.165, 1.54) is 5.56 Å².